The minimum absolute atomic E-state index is 0.712. The highest BCUT2D eigenvalue weighted by Crippen LogP contribution is 2.35. The molecule has 146 valence electrons. The smallest absolute Gasteiger partial charge is 0.203 e. The van der Waals surface area contributed by atoms with E-state index in [2.05, 4.69) is 39.8 Å². The van der Waals surface area contributed by atoms with Gasteiger partial charge in [0.05, 0.1) is 25.6 Å². The summed E-state index contributed by atoms with van der Waals surface area (Å²) in [4.78, 5) is 4.66. The minimum atomic E-state index is 0.712. The van der Waals surface area contributed by atoms with Gasteiger partial charge in [-0.15, -0.1) is 11.3 Å². The van der Waals surface area contributed by atoms with Crippen molar-refractivity contribution in [2.24, 2.45) is 5.10 Å². The molecule has 0 saturated heterocycles. The lowest BCUT2D eigenvalue weighted by atomic mass is 10.0. The van der Waals surface area contributed by atoms with E-state index in [0.29, 0.717) is 5.13 Å². The van der Waals surface area contributed by atoms with Crippen molar-refractivity contribution in [3.8, 4) is 22.8 Å². The van der Waals surface area contributed by atoms with Crippen LogP contribution in [0.3, 0.4) is 0 Å². The zero-order valence-corrected chi connectivity index (χ0v) is 17.3. The molecule has 0 aliphatic carbocycles. The fraction of sp³-hybridized carbons (Fsp3) is 0.130. The number of hydrazone groups is 1. The molecule has 1 heterocycles. The van der Waals surface area contributed by atoms with Crippen molar-refractivity contribution in [3.63, 3.8) is 0 Å². The Labute approximate surface area is 173 Å². The number of benzene rings is 3. The summed E-state index contributed by atoms with van der Waals surface area (Å²) in [6.07, 6.45) is 0. The quantitative estimate of drug-likeness (QED) is 0.326. The van der Waals surface area contributed by atoms with Crippen molar-refractivity contribution in [2.45, 2.75) is 6.92 Å². The number of nitrogens with zero attached hydrogens (tertiary/aromatic N) is 2. The lowest BCUT2D eigenvalue weighted by molar-refractivity contribution is 0.404. The summed E-state index contributed by atoms with van der Waals surface area (Å²) in [5.74, 6) is 1.51. The zero-order valence-electron chi connectivity index (χ0n) is 16.5. The molecule has 0 radical (unpaired) electrons. The van der Waals surface area contributed by atoms with E-state index in [1.807, 2.05) is 48.7 Å². The van der Waals surface area contributed by atoms with Gasteiger partial charge in [-0.2, -0.15) is 5.10 Å². The molecule has 0 saturated carbocycles. The summed E-state index contributed by atoms with van der Waals surface area (Å²) in [5.41, 5.74) is 6.78. The van der Waals surface area contributed by atoms with E-state index < -0.39 is 0 Å². The molecule has 4 rings (SSSR count). The molecule has 0 fully saturated rings. The van der Waals surface area contributed by atoms with E-state index in [1.165, 1.54) is 22.1 Å². The number of anilines is 1. The molecule has 0 amide bonds. The first kappa shape index (κ1) is 19.0. The van der Waals surface area contributed by atoms with Gasteiger partial charge in [0.1, 0.15) is 11.5 Å². The Morgan fingerprint density at radius 2 is 1.83 bits per heavy atom. The minimum Gasteiger partial charge on any atom is -0.497 e. The zero-order chi connectivity index (χ0) is 20.2. The van der Waals surface area contributed by atoms with Crippen LogP contribution in [0.4, 0.5) is 5.13 Å². The third-order valence-corrected chi connectivity index (χ3v) is 5.43. The maximum absolute atomic E-state index is 5.47. The molecule has 6 heteroatoms. The third-order valence-electron chi connectivity index (χ3n) is 4.69. The molecular weight excluding hydrogens is 382 g/mol. The topological polar surface area (TPSA) is 55.7 Å². The number of fused-ring (bicyclic) bond motifs is 1. The van der Waals surface area contributed by atoms with Crippen molar-refractivity contribution >= 4 is 33.0 Å². The summed E-state index contributed by atoms with van der Waals surface area (Å²) in [6, 6.07) is 20.2. The van der Waals surface area contributed by atoms with Gasteiger partial charge >= 0.3 is 0 Å². The summed E-state index contributed by atoms with van der Waals surface area (Å²) in [6.45, 7) is 1.99. The van der Waals surface area contributed by atoms with Crippen LogP contribution in [-0.4, -0.2) is 24.9 Å². The first-order valence-corrected chi connectivity index (χ1v) is 10.0. The number of hydrogen-bond acceptors (Lipinski definition) is 6. The van der Waals surface area contributed by atoms with E-state index >= 15 is 0 Å². The Hall–Kier alpha value is -3.38. The van der Waals surface area contributed by atoms with Crippen LogP contribution in [0.2, 0.25) is 0 Å². The van der Waals surface area contributed by atoms with Gasteiger partial charge in [-0.05, 0) is 35.9 Å². The maximum Gasteiger partial charge on any atom is 0.203 e. The molecule has 0 bridgehead atoms. The van der Waals surface area contributed by atoms with Gasteiger partial charge in [-0.1, -0.05) is 42.5 Å². The molecular formula is C23H21N3O2S. The Morgan fingerprint density at radius 1 is 1.00 bits per heavy atom. The van der Waals surface area contributed by atoms with Gasteiger partial charge in [0, 0.05) is 16.5 Å². The normalized spacial score (nSPS) is 11.5. The summed E-state index contributed by atoms with van der Waals surface area (Å²) in [7, 11) is 3.29. The van der Waals surface area contributed by atoms with E-state index in [4.69, 9.17) is 9.47 Å². The lowest BCUT2D eigenvalue weighted by Crippen LogP contribution is -2.00. The van der Waals surface area contributed by atoms with Crippen LogP contribution in [0.15, 0.2) is 71.1 Å². The molecule has 0 spiro atoms. The number of thiazole rings is 1. The van der Waals surface area contributed by atoms with Gasteiger partial charge < -0.3 is 9.47 Å². The highest BCUT2D eigenvalue weighted by atomic mass is 32.1. The molecule has 3 aromatic carbocycles. The highest BCUT2D eigenvalue weighted by molar-refractivity contribution is 7.14. The SMILES string of the molecule is COc1ccc(OC)c(-c2csc(N/N=C(\C)c3cccc4ccccc34)n2)c1. The fourth-order valence-electron chi connectivity index (χ4n) is 3.20. The Kier molecular flexibility index (Phi) is 5.44. The standard InChI is InChI=1S/C23H21N3O2S/c1-15(18-10-6-8-16-7-4-5-9-19(16)18)25-26-23-24-21(14-29-23)20-13-17(27-2)11-12-22(20)28-3/h4-14H,1-3H3,(H,24,26)/b25-15+. The number of aromatic nitrogens is 1. The molecule has 0 aliphatic heterocycles. The molecule has 0 atom stereocenters. The Balaban J connectivity index is 1.60. The highest BCUT2D eigenvalue weighted by Gasteiger charge is 2.12. The second-order valence-electron chi connectivity index (χ2n) is 6.44. The second-order valence-corrected chi connectivity index (χ2v) is 7.30. The van der Waals surface area contributed by atoms with Crippen molar-refractivity contribution < 1.29 is 9.47 Å². The summed E-state index contributed by atoms with van der Waals surface area (Å²) < 4.78 is 10.8. The van der Waals surface area contributed by atoms with E-state index in [-0.39, 0.29) is 0 Å². The number of nitrogens with one attached hydrogen (secondary N) is 1. The van der Waals surface area contributed by atoms with Crippen molar-refractivity contribution in [1.29, 1.82) is 0 Å². The average Bonchev–Trinajstić information content (AvgIpc) is 3.25. The lowest BCUT2D eigenvalue weighted by Gasteiger charge is -2.08. The predicted molar refractivity (Wildman–Crippen MR) is 120 cm³/mol. The van der Waals surface area contributed by atoms with Crippen LogP contribution in [0, 0.1) is 0 Å². The third kappa shape index (κ3) is 3.93. The van der Waals surface area contributed by atoms with E-state index in [9.17, 15) is 0 Å². The number of hydrogen-bond donors (Lipinski definition) is 1. The Morgan fingerprint density at radius 3 is 2.66 bits per heavy atom. The molecule has 5 nitrogen and oxygen atoms in total. The van der Waals surface area contributed by atoms with Crippen LogP contribution in [0.1, 0.15) is 12.5 Å². The van der Waals surface area contributed by atoms with Gasteiger partial charge in [-0.3, -0.25) is 5.43 Å². The van der Waals surface area contributed by atoms with Crippen molar-refractivity contribution in [3.05, 3.63) is 71.6 Å². The average molecular weight is 404 g/mol. The van der Waals surface area contributed by atoms with E-state index in [0.717, 1.165) is 34.0 Å². The van der Waals surface area contributed by atoms with Crippen LogP contribution in [0.25, 0.3) is 22.0 Å². The molecule has 1 N–H and O–H groups in total. The van der Waals surface area contributed by atoms with E-state index in [1.54, 1.807) is 14.2 Å². The molecule has 29 heavy (non-hydrogen) atoms. The second kappa shape index (κ2) is 8.32. The first-order valence-electron chi connectivity index (χ1n) is 9.16. The first-order chi connectivity index (χ1) is 14.2. The number of ether oxygens (including phenoxy) is 2. The summed E-state index contributed by atoms with van der Waals surface area (Å²) >= 11 is 1.49. The van der Waals surface area contributed by atoms with Crippen molar-refractivity contribution in [2.75, 3.05) is 19.6 Å². The van der Waals surface area contributed by atoms with Gasteiger partial charge in [0.2, 0.25) is 5.13 Å². The van der Waals surface area contributed by atoms with Gasteiger partial charge in [0.15, 0.2) is 0 Å². The summed E-state index contributed by atoms with van der Waals surface area (Å²) in [5, 5.41) is 9.62. The molecule has 0 unspecified atom stereocenters. The number of rotatable bonds is 6. The fourth-order valence-corrected chi connectivity index (χ4v) is 3.85. The number of methoxy groups -OCH3 is 2. The Bertz CT molecular complexity index is 1180. The van der Waals surface area contributed by atoms with Crippen LogP contribution >= 0.6 is 11.3 Å². The molecule has 4 aromatic rings. The van der Waals surface area contributed by atoms with Crippen LogP contribution in [-0.2, 0) is 0 Å². The van der Waals surface area contributed by atoms with Crippen LogP contribution in [0.5, 0.6) is 11.5 Å². The maximum atomic E-state index is 5.47. The van der Waals surface area contributed by atoms with Crippen molar-refractivity contribution in [1.82, 2.24) is 4.98 Å². The van der Waals surface area contributed by atoms with Gasteiger partial charge in [-0.25, -0.2) is 4.98 Å². The van der Waals surface area contributed by atoms with Crippen LogP contribution < -0.4 is 14.9 Å². The molecule has 1 aromatic heterocycles. The van der Waals surface area contributed by atoms with Gasteiger partial charge in [0.25, 0.3) is 0 Å². The predicted octanol–water partition coefficient (Wildman–Crippen LogP) is 5.82. The largest absolute Gasteiger partial charge is 0.497 e. The monoisotopic (exact) mass is 403 g/mol. The molecule has 0 aliphatic rings.